The Balaban J connectivity index is 1.63. The van der Waals surface area contributed by atoms with Crippen LogP contribution in [0.2, 0.25) is 10.0 Å². The van der Waals surface area contributed by atoms with Crippen LogP contribution in [0.4, 0.5) is 5.69 Å². The zero-order valence-corrected chi connectivity index (χ0v) is 26.3. The summed E-state index contributed by atoms with van der Waals surface area (Å²) in [4.78, 5) is 27.2. The number of rotatable bonds is 5. The first-order chi connectivity index (χ1) is 16.7. The molecule has 35 heavy (non-hydrogen) atoms. The van der Waals surface area contributed by atoms with E-state index in [0.717, 1.165) is 22.0 Å². The standard InChI is InChI=1S/C24H13Cl2I3N2O3S/c25-16-2-1-3-19(20(16)26)31-23(33)15(22(32)30-24(31)35)8-13-9-17(28)21(18(29)10-13)34-11-12-4-6-14(27)7-5-12/h1-10H,11H2,(H,30,32,35)/b15-8+. The van der Waals surface area contributed by atoms with Gasteiger partial charge >= 0.3 is 0 Å². The molecule has 2 amide bonds. The lowest BCUT2D eigenvalue weighted by atomic mass is 10.1. The molecule has 11 heteroatoms. The largest absolute Gasteiger partial charge is 0.487 e. The monoisotopic (exact) mass is 860 g/mol. The Morgan fingerprint density at radius 1 is 1.00 bits per heavy atom. The fourth-order valence-electron chi connectivity index (χ4n) is 3.24. The van der Waals surface area contributed by atoms with Crippen LogP contribution in [-0.2, 0) is 16.2 Å². The van der Waals surface area contributed by atoms with Crippen molar-refractivity contribution in [3.05, 3.63) is 92.1 Å². The van der Waals surface area contributed by atoms with Crippen LogP contribution in [0.25, 0.3) is 6.08 Å². The minimum atomic E-state index is -0.591. The first-order valence-corrected chi connectivity index (χ1v) is 14.3. The quantitative estimate of drug-likeness (QED) is 0.128. The highest BCUT2D eigenvalue weighted by Gasteiger charge is 2.35. The minimum Gasteiger partial charge on any atom is -0.487 e. The molecule has 178 valence electrons. The second kappa shape index (κ2) is 11.6. The number of nitrogens with zero attached hydrogens (tertiary/aromatic N) is 1. The van der Waals surface area contributed by atoms with Crippen LogP contribution in [0.15, 0.2) is 60.2 Å². The molecule has 0 aliphatic carbocycles. The molecule has 1 heterocycles. The molecule has 0 spiro atoms. The van der Waals surface area contributed by atoms with Gasteiger partial charge in [0.05, 0.1) is 22.9 Å². The number of anilines is 1. The molecule has 0 bridgehead atoms. The first kappa shape index (κ1) is 27.0. The van der Waals surface area contributed by atoms with Gasteiger partial charge in [0.1, 0.15) is 17.9 Å². The predicted molar refractivity (Wildman–Crippen MR) is 168 cm³/mol. The van der Waals surface area contributed by atoms with Crippen molar-refractivity contribution in [2.75, 3.05) is 4.90 Å². The van der Waals surface area contributed by atoms with Gasteiger partial charge in [0.15, 0.2) is 5.11 Å². The number of halogens is 5. The zero-order valence-electron chi connectivity index (χ0n) is 17.5. The van der Waals surface area contributed by atoms with Crippen LogP contribution in [0, 0.1) is 10.7 Å². The van der Waals surface area contributed by atoms with E-state index >= 15 is 0 Å². The lowest BCUT2D eigenvalue weighted by molar-refractivity contribution is -0.122. The number of carbonyl (C=O) groups excluding carboxylic acids is 2. The predicted octanol–water partition coefficient (Wildman–Crippen LogP) is 7.22. The highest BCUT2D eigenvalue weighted by molar-refractivity contribution is 14.1. The average molecular weight is 861 g/mol. The zero-order chi connectivity index (χ0) is 25.3. The van der Waals surface area contributed by atoms with Crippen molar-refractivity contribution in [2.24, 2.45) is 0 Å². The van der Waals surface area contributed by atoms with Crippen molar-refractivity contribution in [3.63, 3.8) is 0 Å². The normalized spacial score (nSPS) is 14.9. The fourth-order valence-corrected chi connectivity index (χ4v) is 6.39. The van der Waals surface area contributed by atoms with Gasteiger partial charge in [-0.25, -0.2) is 0 Å². The molecule has 3 aromatic rings. The van der Waals surface area contributed by atoms with Crippen LogP contribution in [0.5, 0.6) is 5.75 Å². The maximum Gasteiger partial charge on any atom is 0.270 e. The summed E-state index contributed by atoms with van der Waals surface area (Å²) in [7, 11) is 0. The van der Waals surface area contributed by atoms with Gasteiger partial charge in [-0.1, -0.05) is 41.4 Å². The third kappa shape index (κ3) is 6.12. The van der Waals surface area contributed by atoms with Crippen molar-refractivity contribution >= 4 is 132 Å². The summed E-state index contributed by atoms with van der Waals surface area (Å²) in [5, 5.41) is 2.93. The van der Waals surface area contributed by atoms with E-state index in [4.69, 9.17) is 40.2 Å². The molecule has 0 atom stereocenters. The van der Waals surface area contributed by atoms with E-state index < -0.39 is 11.8 Å². The molecular formula is C24H13Cl2I3N2O3S. The number of nitrogens with one attached hydrogen (secondary N) is 1. The number of hydrogen-bond acceptors (Lipinski definition) is 4. The van der Waals surface area contributed by atoms with Crippen LogP contribution >= 0.6 is 103 Å². The van der Waals surface area contributed by atoms with Crippen molar-refractivity contribution < 1.29 is 14.3 Å². The number of thiocarbonyl (C=S) groups is 1. The highest BCUT2D eigenvalue weighted by atomic mass is 127. The maximum atomic E-state index is 13.3. The number of benzene rings is 3. The third-order valence-corrected chi connectivity index (χ3v) is 8.32. The van der Waals surface area contributed by atoms with Crippen LogP contribution < -0.4 is 15.0 Å². The lowest BCUT2D eigenvalue weighted by Crippen LogP contribution is -2.54. The summed E-state index contributed by atoms with van der Waals surface area (Å²) in [6, 6.07) is 16.7. The summed E-state index contributed by atoms with van der Waals surface area (Å²) >= 11 is 24.3. The van der Waals surface area contributed by atoms with Crippen LogP contribution in [-0.4, -0.2) is 16.9 Å². The Morgan fingerprint density at radius 2 is 1.66 bits per heavy atom. The molecule has 1 fully saturated rings. The molecule has 1 saturated heterocycles. The molecule has 0 aromatic heterocycles. The first-order valence-electron chi connectivity index (χ1n) is 9.87. The maximum absolute atomic E-state index is 13.3. The Kier molecular flexibility index (Phi) is 8.95. The molecule has 3 aromatic carbocycles. The molecule has 0 radical (unpaired) electrons. The summed E-state index contributed by atoms with van der Waals surface area (Å²) in [6.45, 7) is 0.428. The topological polar surface area (TPSA) is 58.6 Å². The van der Waals surface area contributed by atoms with Gasteiger partial charge in [-0.2, -0.15) is 0 Å². The van der Waals surface area contributed by atoms with E-state index in [1.807, 2.05) is 36.4 Å². The lowest BCUT2D eigenvalue weighted by Gasteiger charge is -2.29. The molecular weight excluding hydrogens is 848 g/mol. The smallest absolute Gasteiger partial charge is 0.270 e. The summed E-state index contributed by atoms with van der Waals surface area (Å²) in [6.07, 6.45) is 1.53. The number of carbonyl (C=O) groups is 2. The number of amides is 2. The summed E-state index contributed by atoms with van der Waals surface area (Å²) in [5.41, 5.74) is 1.95. The van der Waals surface area contributed by atoms with Gasteiger partial charge in [0, 0.05) is 3.57 Å². The van der Waals surface area contributed by atoms with E-state index in [-0.39, 0.29) is 20.7 Å². The number of ether oxygens (including phenoxy) is 1. The summed E-state index contributed by atoms with van der Waals surface area (Å²) < 4.78 is 8.91. The summed E-state index contributed by atoms with van der Waals surface area (Å²) in [5.74, 6) is -0.440. The molecule has 1 aliphatic rings. The van der Waals surface area contributed by atoms with Crippen molar-refractivity contribution in [1.29, 1.82) is 0 Å². The van der Waals surface area contributed by atoms with Crippen LogP contribution in [0.1, 0.15) is 11.1 Å². The van der Waals surface area contributed by atoms with E-state index in [1.54, 1.807) is 18.2 Å². The molecule has 1 aliphatic heterocycles. The Bertz CT molecular complexity index is 1370. The second-order valence-corrected chi connectivity index (χ2v) is 12.0. The SMILES string of the molecule is O=C1NC(=S)N(c2cccc(Cl)c2Cl)C(=O)/C1=C/c1cc(I)c(OCc2ccc(I)cc2)c(I)c1. The van der Waals surface area contributed by atoms with Gasteiger partial charge in [-0.05, 0) is 134 Å². The van der Waals surface area contributed by atoms with Gasteiger partial charge < -0.3 is 4.74 Å². The average Bonchev–Trinajstić information content (AvgIpc) is 2.80. The van der Waals surface area contributed by atoms with Crippen molar-refractivity contribution in [1.82, 2.24) is 5.32 Å². The van der Waals surface area contributed by atoms with Crippen LogP contribution in [0.3, 0.4) is 0 Å². The van der Waals surface area contributed by atoms with E-state index in [9.17, 15) is 9.59 Å². The van der Waals surface area contributed by atoms with E-state index in [2.05, 4.69) is 73.1 Å². The Morgan fingerprint density at radius 3 is 2.31 bits per heavy atom. The molecule has 4 rings (SSSR count). The Labute approximate surface area is 258 Å². The second-order valence-electron chi connectivity index (χ2n) is 7.26. The molecule has 5 nitrogen and oxygen atoms in total. The van der Waals surface area contributed by atoms with E-state index in [0.29, 0.717) is 17.9 Å². The van der Waals surface area contributed by atoms with E-state index in [1.165, 1.54) is 11.0 Å². The fraction of sp³-hybridized carbons (Fsp3) is 0.0417. The number of hydrogen-bond donors (Lipinski definition) is 1. The minimum absolute atomic E-state index is 0.0650. The van der Waals surface area contributed by atoms with Gasteiger partial charge in [-0.15, -0.1) is 0 Å². The van der Waals surface area contributed by atoms with Gasteiger partial charge in [0.2, 0.25) is 0 Å². The molecule has 1 N–H and O–H groups in total. The van der Waals surface area contributed by atoms with Crippen molar-refractivity contribution in [2.45, 2.75) is 6.61 Å². The van der Waals surface area contributed by atoms with Gasteiger partial charge in [0.25, 0.3) is 11.8 Å². The molecule has 0 saturated carbocycles. The third-order valence-electron chi connectivity index (χ3n) is 4.90. The van der Waals surface area contributed by atoms with Gasteiger partial charge in [-0.3, -0.25) is 19.8 Å². The highest BCUT2D eigenvalue weighted by Crippen LogP contribution is 2.35. The molecule has 0 unspecified atom stereocenters. The Hall–Kier alpha value is -1.000. The van der Waals surface area contributed by atoms with Crippen molar-refractivity contribution in [3.8, 4) is 5.75 Å².